The highest BCUT2D eigenvalue weighted by Crippen LogP contribution is 2.45. The molecule has 0 saturated heterocycles. The Kier molecular flexibility index (Phi) is 8.31. The molecule has 0 bridgehead atoms. The van der Waals surface area contributed by atoms with Gasteiger partial charge in [-0.05, 0) is 46.3 Å². The first-order valence-electron chi connectivity index (χ1n) is 10.4. The first-order valence-corrected chi connectivity index (χ1v) is 10.4. The van der Waals surface area contributed by atoms with Crippen molar-refractivity contribution in [1.82, 2.24) is 0 Å². The third-order valence-electron chi connectivity index (χ3n) is 5.02. The van der Waals surface area contributed by atoms with Gasteiger partial charge in [0.1, 0.15) is 0 Å². The van der Waals surface area contributed by atoms with E-state index in [1.54, 1.807) is 0 Å². The molecule has 0 aliphatic rings. The van der Waals surface area contributed by atoms with E-state index < -0.39 is 0 Å². The molecule has 1 heteroatoms. The number of hydrogen-bond acceptors (Lipinski definition) is 1. The van der Waals surface area contributed by atoms with E-state index in [2.05, 4.69) is 96.9 Å². The van der Waals surface area contributed by atoms with E-state index in [-0.39, 0.29) is 23.0 Å². The van der Waals surface area contributed by atoms with E-state index in [9.17, 15) is 0 Å². The molecule has 0 aromatic carbocycles. The highest BCUT2D eigenvalue weighted by molar-refractivity contribution is 4.91. The maximum Gasteiger partial charge on any atom is 0.0653 e. The van der Waals surface area contributed by atoms with E-state index in [0.717, 1.165) is 0 Å². The van der Waals surface area contributed by atoms with Crippen LogP contribution in [0.5, 0.6) is 0 Å². The maximum atomic E-state index is 6.99. The summed E-state index contributed by atoms with van der Waals surface area (Å²) < 4.78 is 6.99. The molecular weight excluding hydrogens is 304 g/mol. The summed E-state index contributed by atoms with van der Waals surface area (Å²) in [4.78, 5) is 0. The van der Waals surface area contributed by atoms with Gasteiger partial charge in [0, 0.05) is 0 Å². The van der Waals surface area contributed by atoms with Gasteiger partial charge in [-0.3, -0.25) is 0 Å². The molecule has 2 unspecified atom stereocenters. The second-order valence-corrected chi connectivity index (χ2v) is 12.9. The fraction of sp³-hybridized carbons (Fsp3) is 1.00. The zero-order valence-electron chi connectivity index (χ0n) is 20.1. The molecule has 0 aliphatic heterocycles. The van der Waals surface area contributed by atoms with Crippen molar-refractivity contribution in [2.75, 3.05) is 0 Å². The SMILES string of the molecule is CC(C)C(OC(C(C)C)C(C)(C)CC(C)(C)C)C(C)(C)CC(C)(C)C. The van der Waals surface area contributed by atoms with Crippen molar-refractivity contribution in [1.29, 1.82) is 0 Å². The highest BCUT2D eigenvalue weighted by Gasteiger charge is 2.42. The van der Waals surface area contributed by atoms with Gasteiger partial charge >= 0.3 is 0 Å². The summed E-state index contributed by atoms with van der Waals surface area (Å²) in [6.45, 7) is 32.9. The van der Waals surface area contributed by atoms with Crippen LogP contribution in [-0.4, -0.2) is 12.2 Å². The standard InChI is InChI=1S/C24H50O/c1-17(2)19(23(11,12)15-21(5,6)7)25-20(18(3)4)24(13,14)16-22(8,9)10/h17-20H,15-16H2,1-14H3. The summed E-state index contributed by atoms with van der Waals surface area (Å²) in [6, 6.07) is 0. The van der Waals surface area contributed by atoms with Gasteiger partial charge in [-0.25, -0.2) is 0 Å². The van der Waals surface area contributed by atoms with Gasteiger partial charge in [-0.1, -0.05) is 96.9 Å². The van der Waals surface area contributed by atoms with Crippen LogP contribution < -0.4 is 0 Å². The lowest BCUT2D eigenvalue weighted by Gasteiger charge is -2.48. The second kappa shape index (κ2) is 8.32. The van der Waals surface area contributed by atoms with Crippen molar-refractivity contribution < 1.29 is 4.74 Å². The van der Waals surface area contributed by atoms with Crippen LogP contribution in [0.2, 0.25) is 0 Å². The van der Waals surface area contributed by atoms with Gasteiger partial charge in [0.25, 0.3) is 0 Å². The average Bonchev–Trinajstić information content (AvgIpc) is 2.19. The van der Waals surface area contributed by atoms with Crippen LogP contribution in [0.4, 0.5) is 0 Å². The highest BCUT2D eigenvalue weighted by atomic mass is 16.5. The third-order valence-corrected chi connectivity index (χ3v) is 5.02. The van der Waals surface area contributed by atoms with Crippen molar-refractivity contribution in [3.05, 3.63) is 0 Å². The predicted octanol–water partition coefficient (Wildman–Crippen LogP) is 7.98. The Labute approximate surface area is 160 Å². The Morgan fingerprint density at radius 1 is 0.520 bits per heavy atom. The lowest BCUT2D eigenvalue weighted by Crippen LogP contribution is -2.47. The molecule has 1 nitrogen and oxygen atoms in total. The molecule has 0 fully saturated rings. The molecule has 0 heterocycles. The number of ether oxygens (including phenoxy) is 1. The first kappa shape index (κ1) is 25.0. The Hall–Kier alpha value is -0.0400. The predicted molar refractivity (Wildman–Crippen MR) is 114 cm³/mol. The van der Waals surface area contributed by atoms with E-state index in [0.29, 0.717) is 22.7 Å². The minimum Gasteiger partial charge on any atom is -0.373 e. The summed E-state index contributed by atoms with van der Waals surface area (Å²) in [7, 11) is 0. The van der Waals surface area contributed by atoms with E-state index >= 15 is 0 Å². The van der Waals surface area contributed by atoms with Gasteiger partial charge < -0.3 is 4.74 Å². The van der Waals surface area contributed by atoms with Crippen LogP contribution in [0.25, 0.3) is 0 Å². The van der Waals surface area contributed by atoms with Crippen molar-refractivity contribution >= 4 is 0 Å². The molecule has 25 heavy (non-hydrogen) atoms. The van der Waals surface area contributed by atoms with Crippen molar-refractivity contribution in [2.45, 2.75) is 122 Å². The molecule has 0 N–H and O–H groups in total. The van der Waals surface area contributed by atoms with Crippen LogP contribution >= 0.6 is 0 Å². The molecular formula is C24H50O. The smallest absolute Gasteiger partial charge is 0.0653 e. The summed E-state index contributed by atoms with van der Waals surface area (Å²) in [6.07, 6.45) is 2.90. The molecule has 0 radical (unpaired) electrons. The summed E-state index contributed by atoms with van der Waals surface area (Å²) in [5.41, 5.74) is 0.956. The minimum atomic E-state index is 0.164. The van der Waals surface area contributed by atoms with Crippen LogP contribution in [0, 0.1) is 33.5 Å². The third kappa shape index (κ3) is 8.94. The quantitative estimate of drug-likeness (QED) is 0.429. The Bertz CT molecular complexity index is 349. The Balaban J connectivity index is 5.62. The number of rotatable bonds is 8. The fourth-order valence-electron chi connectivity index (χ4n) is 5.58. The molecule has 0 saturated carbocycles. The Morgan fingerprint density at radius 3 is 0.920 bits per heavy atom. The van der Waals surface area contributed by atoms with Crippen molar-refractivity contribution in [3.8, 4) is 0 Å². The topological polar surface area (TPSA) is 9.23 Å². The van der Waals surface area contributed by atoms with E-state index in [4.69, 9.17) is 4.74 Å². The molecule has 0 spiro atoms. The molecule has 0 aromatic rings. The zero-order valence-corrected chi connectivity index (χ0v) is 20.1. The maximum absolute atomic E-state index is 6.99. The van der Waals surface area contributed by atoms with Gasteiger partial charge in [0.05, 0.1) is 12.2 Å². The minimum absolute atomic E-state index is 0.164. The van der Waals surface area contributed by atoms with Gasteiger partial charge in [-0.2, -0.15) is 0 Å². The van der Waals surface area contributed by atoms with E-state index in [1.165, 1.54) is 12.8 Å². The molecule has 0 amide bonds. The average molecular weight is 355 g/mol. The normalized spacial score (nSPS) is 17.3. The molecule has 2 atom stereocenters. The van der Waals surface area contributed by atoms with Crippen LogP contribution in [0.3, 0.4) is 0 Å². The second-order valence-electron chi connectivity index (χ2n) is 12.9. The fourth-order valence-corrected chi connectivity index (χ4v) is 5.58. The van der Waals surface area contributed by atoms with Gasteiger partial charge in [0.15, 0.2) is 0 Å². The van der Waals surface area contributed by atoms with Gasteiger partial charge in [-0.15, -0.1) is 0 Å². The molecule has 152 valence electrons. The molecule has 0 aliphatic carbocycles. The van der Waals surface area contributed by atoms with Gasteiger partial charge in [0.2, 0.25) is 0 Å². The van der Waals surface area contributed by atoms with E-state index in [1.807, 2.05) is 0 Å². The van der Waals surface area contributed by atoms with Crippen molar-refractivity contribution in [2.24, 2.45) is 33.5 Å². The van der Waals surface area contributed by atoms with Crippen LogP contribution in [0.15, 0.2) is 0 Å². The lowest BCUT2D eigenvalue weighted by atomic mass is 9.68. The summed E-state index contributed by atoms with van der Waals surface area (Å²) in [5.74, 6) is 1.04. The molecule has 0 aromatic heterocycles. The molecule has 0 rings (SSSR count). The lowest BCUT2D eigenvalue weighted by molar-refractivity contribution is -0.160. The summed E-state index contributed by atoms with van der Waals surface area (Å²) >= 11 is 0. The van der Waals surface area contributed by atoms with Crippen molar-refractivity contribution in [3.63, 3.8) is 0 Å². The Morgan fingerprint density at radius 2 is 0.760 bits per heavy atom. The zero-order chi connectivity index (χ0) is 20.4. The largest absolute Gasteiger partial charge is 0.373 e. The first-order chi connectivity index (χ1) is 10.8. The van der Waals surface area contributed by atoms with Crippen LogP contribution in [0.1, 0.15) is 110 Å². The van der Waals surface area contributed by atoms with Crippen LogP contribution in [-0.2, 0) is 4.74 Å². The summed E-state index contributed by atoms with van der Waals surface area (Å²) in [5, 5.41) is 0. The number of hydrogen-bond donors (Lipinski definition) is 0. The monoisotopic (exact) mass is 354 g/mol.